The first kappa shape index (κ1) is 20.7. The number of nitrogens with one attached hydrogen (secondary N) is 1. The van der Waals surface area contributed by atoms with Gasteiger partial charge in [-0.15, -0.1) is 0 Å². The highest BCUT2D eigenvalue weighted by molar-refractivity contribution is 5.95. The number of aliphatic hydroxyl groups excluding tert-OH is 1. The summed E-state index contributed by atoms with van der Waals surface area (Å²) in [6, 6.07) is 7.54. The number of aliphatic hydroxyl groups is 1. The van der Waals surface area contributed by atoms with Gasteiger partial charge in [0.15, 0.2) is 0 Å². The van der Waals surface area contributed by atoms with Crippen molar-refractivity contribution in [1.29, 1.82) is 0 Å². The summed E-state index contributed by atoms with van der Waals surface area (Å²) >= 11 is 0. The largest absolute Gasteiger partial charge is 0.395 e. The molecule has 1 saturated heterocycles. The van der Waals surface area contributed by atoms with E-state index < -0.39 is 0 Å². The lowest BCUT2D eigenvalue weighted by atomic mass is 9.99. The van der Waals surface area contributed by atoms with Crippen LogP contribution >= 0.6 is 0 Å². The Kier molecular flexibility index (Phi) is 7.43. The van der Waals surface area contributed by atoms with Gasteiger partial charge in [0.2, 0.25) is 5.91 Å². The van der Waals surface area contributed by atoms with E-state index in [4.69, 9.17) is 9.84 Å². The number of benzene rings is 1. The van der Waals surface area contributed by atoms with E-state index in [1.807, 2.05) is 36.2 Å². The second-order valence-corrected chi connectivity index (χ2v) is 7.58. The maximum absolute atomic E-state index is 13.0. The molecule has 0 saturated carbocycles. The maximum atomic E-state index is 13.0. The van der Waals surface area contributed by atoms with Gasteiger partial charge in [-0.05, 0) is 44.0 Å². The topological polar surface area (TPSA) is 65.0 Å². The van der Waals surface area contributed by atoms with Gasteiger partial charge in [-0.25, -0.2) is 0 Å². The highest BCUT2D eigenvalue weighted by Gasteiger charge is 2.34. The summed E-state index contributed by atoms with van der Waals surface area (Å²) in [7, 11) is 1.93. The average molecular weight is 364 g/mol. The van der Waals surface area contributed by atoms with E-state index in [0.717, 1.165) is 24.5 Å². The van der Waals surface area contributed by atoms with Crippen LogP contribution in [0.2, 0.25) is 0 Å². The lowest BCUT2D eigenvalue weighted by Crippen LogP contribution is -2.55. The molecule has 1 aliphatic rings. The molecular weight excluding hydrogens is 330 g/mol. The number of carbonyl (C=O) groups is 1. The van der Waals surface area contributed by atoms with Gasteiger partial charge in [0.05, 0.1) is 24.9 Å². The standard InChI is InChI=1S/C20H33N3O3/c1-14(2)19(23-12-15(3)26-16(4)13-23)20(25)21-17-6-8-18(9-7-17)22(5)10-11-24/h6-9,14-16,19,24H,10-13H2,1-5H3,(H,21,25)/t15-,16-,19+/m1/s1. The summed E-state index contributed by atoms with van der Waals surface area (Å²) in [4.78, 5) is 17.2. The molecule has 0 unspecified atom stereocenters. The number of morpholine rings is 1. The molecule has 6 nitrogen and oxygen atoms in total. The van der Waals surface area contributed by atoms with Crippen LogP contribution in [-0.2, 0) is 9.53 Å². The Balaban J connectivity index is 2.05. The van der Waals surface area contributed by atoms with E-state index in [-0.39, 0.29) is 36.7 Å². The molecule has 2 N–H and O–H groups in total. The van der Waals surface area contributed by atoms with Crippen molar-refractivity contribution in [3.63, 3.8) is 0 Å². The molecule has 1 fully saturated rings. The van der Waals surface area contributed by atoms with Crippen molar-refractivity contribution in [2.24, 2.45) is 5.92 Å². The molecule has 0 radical (unpaired) electrons. The Morgan fingerprint density at radius 3 is 2.35 bits per heavy atom. The zero-order valence-electron chi connectivity index (χ0n) is 16.6. The van der Waals surface area contributed by atoms with E-state index in [0.29, 0.717) is 6.54 Å². The van der Waals surface area contributed by atoms with Crippen LogP contribution in [0.3, 0.4) is 0 Å². The number of ether oxygens (including phenoxy) is 1. The molecule has 1 aromatic rings. The van der Waals surface area contributed by atoms with Gasteiger partial charge >= 0.3 is 0 Å². The smallest absolute Gasteiger partial charge is 0.241 e. The van der Waals surface area contributed by atoms with Crippen LogP contribution in [0, 0.1) is 5.92 Å². The molecule has 0 aliphatic carbocycles. The monoisotopic (exact) mass is 363 g/mol. The van der Waals surface area contributed by atoms with E-state index in [1.165, 1.54) is 0 Å². The van der Waals surface area contributed by atoms with Crippen LogP contribution in [0.25, 0.3) is 0 Å². The van der Waals surface area contributed by atoms with Crippen molar-refractivity contribution in [3.05, 3.63) is 24.3 Å². The molecule has 6 heteroatoms. The molecule has 1 heterocycles. The van der Waals surface area contributed by atoms with Gasteiger partial charge in [0, 0.05) is 38.1 Å². The van der Waals surface area contributed by atoms with E-state index in [2.05, 4.69) is 37.9 Å². The lowest BCUT2D eigenvalue weighted by Gasteiger charge is -2.41. The zero-order chi connectivity index (χ0) is 19.3. The second kappa shape index (κ2) is 9.35. The average Bonchev–Trinajstić information content (AvgIpc) is 2.54. The first-order valence-corrected chi connectivity index (χ1v) is 9.44. The Bertz CT molecular complexity index is 566. The number of likely N-dealkylation sites (N-methyl/N-ethyl adjacent to an activating group) is 1. The number of carbonyl (C=O) groups excluding carboxylic acids is 1. The Hall–Kier alpha value is -1.63. The molecule has 2 rings (SSSR count). The quantitative estimate of drug-likeness (QED) is 0.777. The number of hydrogen-bond donors (Lipinski definition) is 2. The van der Waals surface area contributed by atoms with Crippen molar-refractivity contribution >= 4 is 17.3 Å². The predicted molar refractivity (Wildman–Crippen MR) is 106 cm³/mol. The Morgan fingerprint density at radius 1 is 1.27 bits per heavy atom. The van der Waals surface area contributed by atoms with Crippen LogP contribution < -0.4 is 10.2 Å². The third-order valence-electron chi connectivity index (χ3n) is 4.75. The molecule has 0 aromatic heterocycles. The van der Waals surface area contributed by atoms with Crippen LogP contribution in [0.15, 0.2) is 24.3 Å². The van der Waals surface area contributed by atoms with Crippen LogP contribution in [-0.4, -0.2) is 67.5 Å². The van der Waals surface area contributed by atoms with Crippen LogP contribution in [0.5, 0.6) is 0 Å². The SMILES string of the molecule is CC(C)[C@@H](C(=O)Nc1ccc(N(C)CCO)cc1)N1C[C@@H](C)O[C@H](C)C1. The maximum Gasteiger partial charge on any atom is 0.241 e. The summed E-state index contributed by atoms with van der Waals surface area (Å²) in [5.74, 6) is 0.236. The molecule has 1 amide bonds. The minimum Gasteiger partial charge on any atom is -0.395 e. The van der Waals surface area contributed by atoms with Gasteiger partial charge in [-0.2, -0.15) is 0 Å². The number of amides is 1. The first-order valence-electron chi connectivity index (χ1n) is 9.44. The molecule has 1 aromatic carbocycles. The molecule has 146 valence electrons. The lowest BCUT2D eigenvalue weighted by molar-refractivity contribution is -0.130. The minimum absolute atomic E-state index is 0.0257. The van der Waals surface area contributed by atoms with Gasteiger partial charge in [-0.3, -0.25) is 9.69 Å². The van der Waals surface area contributed by atoms with Crippen molar-refractivity contribution < 1.29 is 14.6 Å². The minimum atomic E-state index is -0.180. The number of nitrogens with zero attached hydrogens (tertiary/aromatic N) is 2. The van der Waals surface area contributed by atoms with Gasteiger partial charge in [-0.1, -0.05) is 13.8 Å². The molecule has 1 aliphatic heterocycles. The first-order chi connectivity index (χ1) is 12.3. The summed E-state index contributed by atoms with van der Waals surface area (Å²) in [6.45, 7) is 10.5. The molecule has 0 bridgehead atoms. The fourth-order valence-corrected chi connectivity index (χ4v) is 3.63. The van der Waals surface area contributed by atoms with E-state index in [9.17, 15) is 4.79 Å². The fraction of sp³-hybridized carbons (Fsp3) is 0.650. The van der Waals surface area contributed by atoms with Crippen molar-refractivity contribution in [2.75, 3.05) is 43.5 Å². The second-order valence-electron chi connectivity index (χ2n) is 7.58. The number of anilines is 2. The predicted octanol–water partition coefficient (Wildman–Crippen LogP) is 2.19. The van der Waals surface area contributed by atoms with Crippen LogP contribution in [0.4, 0.5) is 11.4 Å². The van der Waals surface area contributed by atoms with E-state index >= 15 is 0 Å². The highest BCUT2D eigenvalue weighted by Crippen LogP contribution is 2.21. The summed E-state index contributed by atoms with van der Waals surface area (Å²) in [5.41, 5.74) is 1.80. The van der Waals surface area contributed by atoms with Crippen molar-refractivity contribution in [1.82, 2.24) is 4.90 Å². The Morgan fingerprint density at radius 2 is 1.85 bits per heavy atom. The third kappa shape index (κ3) is 5.43. The third-order valence-corrected chi connectivity index (χ3v) is 4.75. The number of hydrogen-bond acceptors (Lipinski definition) is 5. The molecule has 3 atom stereocenters. The fourth-order valence-electron chi connectivity index (χ4n) is 3.63. The van der Waals surface area contributed by atoms with Crippen molar-refractivity contribution in [2.45, 2.75) is 45.9 Å². The van der Waals surface area contributed by atoms with E-state index in [1.54, 1.807) is 0 Å². The summed E-state index contributed by atoms with van der Waals surface area (Å²) in [5, 5.41) is 12.1. The van der Waals surface area contributed by atoms with Gasteiger partial charge in [0.1, 0.15) is 0 Å². The van der Waals surface area contributed by atoms with Gasteiger partial charge < -0.3 is 20.1 Å². The summed E-state index contributed by atoms with van der Waals surface area (Å²) < 4.78 is 5.80. The van der Waals surface area contributed by atoms with Crippen molar-refractivity contribution in [3.8, 4) is 0 Å². The number of rotatable bonds is 7. The molecule has 0 spiro atoms. The van der Waals surface area contributed by atoms with Gasteiger partial charge in [0.25, 0.3) is 0 Å². The summed E-state index contributed by atoms with van der Waals surface area (Å²) in [6.07, 6.45) is 0.267. The zero-order valence-corrected chi connectivity index (χ0v) is 16.6. The Labute approximate surface area is 157 Å². The highest BCUT2D eigenvalue weighted by atomic mass is 16.5. The normalized spacial score (nSPS) is 22.3. The molecule has 26 heavy (non-hydrogen) atoms. The van der Waals surface area contributed by atoms with Crippen LogP contribution in [0.1, 0.15) is 27.7 Å². The molecular formula is C20H33N3O3.